The van der Waals surface area contributed by atoms with Gasteiger partial charge >= 0.3 is 11.9 Å². The minimum absolute atomic E-state index is 0.00783. The van der Waals surface area contributed by atoms with Gasteiger partial charge in [0.2, 0.25) is 0 Å². The lowest BCUT2D eigenvalue weighted by Gasteiger charge is -2.42. The van der Waals surface area contributed by atoms with Gasteiger partial charge in [0.1, 0.15) is 18.0 Å². The van der Waals surface area contributed by atoms with Crippen LogP contribution in [0.25, 0.3) is 0 Å². The van der Waals surface area contributed by atoms with Crippen molar-refractivity contribution in [2.45, 2.75) is 62.4 Å². The first kappa shape index (κ1) is 26.0. The lowest BCUT2D eigenvalue weighted by molar-refractivity contribution is -0.208. The minimum Gasteiger partial charge on any atom is -0.508 e. The van der Waals surface area contributed by atoms with E-state index in [2.05, 4.69) is 0 Å². The number of rotatable bonds is 10. The van der Waals surface area contributed by atoms with E-state index in [1.807, 2.05) is 12.1 Å². The van der Waals surface area contributed by atoms with Crippen LogP contribution in [-0.2, 0) is 31.9 Å². The van der Waals surface area contributed by atoms with Crippen molar-refractivity contribution in [3.63, 3.8) is 0 Å². The molecule has 0 aromatic heterocycles. The third-order valence-corrected chi connectivity index (χ3v) is 6.23. The molecule has 9 heteroatoms. The Balaban J connectivity index is 1.57. The number of aryl methyl sites for hydroxylation is 2. The summed E-state index contributed by atoms with van der Waals surface area (Å²) in [6.45, 7) is 0.110. The first-order valence-electron chi connectivity index (χ1n) is 11.1. The van der Waals surface area contributed by atoms with E-state index in [1.165, 1.54) is 12.1 Å². The molecule has 0 saturated heterocycles. The van der Waals surface area contributed by atoms with E-state index in [9.17, 15) is 30.0 Å². The van der Waals surface area contributed by atoms with Crippen molar-refractivity contribution in [1.82, 2.24) is 0 Å². The number of aliphatic hydroxyl groups is 2. The Hall–Kier alpha value is -2.65. The highest BCUT2D eigenvalue weighted by atomic mass is 35.5. The van der Waals surface area contributed by atoms with Crippen molar-refractivity contribution in [3.8, 4) is 5.75 Å². The second-order valence-electron chi connectivity index (χ2n) is 8.54. The second kappa shape index (κ2) is 11.7. The van der Waals surface area contributed by atoms with Crippen LogP contribution in [0.5, 0.6) is 5.75 Å². The van der Waals surface area contributed by atoms with Crippen LogP contribution in [0.4, 0.5) is 0 Å². The summed E-state index contributed by atoms with van der Waals surface area (Å²) in [6.07, 6.45) is -3.12. The number of hydrogen-bond donors (Lipinski definition) is 4. The number of esters is 1. The van der Waals surface area contributed by atoms with Gasteiger partial charge in [-0.3, -0.25) is 4.79 Å². The number of aliphatic carboxylic acids is 1. The summed E-state index contributed by atoms with van der Waals surface area (Å²) in [4.78, 5) is 24.5. The third kappa shape index (κ3) is 6.93. The molecule has 0 bridgehead atoms. The second-order valence-corrected chi connectivity index (χ2v) is 8.98. The summed E-state index contributed by atoms with van der Waals surface area (Å²) < 4.78 is 11.1. The molecule has 0 heterocycles. The monoisotopic (exact) mass is 492 g/mol. The SMILES string of the molecule is O=C(CCc1ccc(O)cc1)O[C@@H]1C[C@](OCCCc2ccc(Cl)cc2)(C(=O)O)C[C@H](O)[C@H]1O. The van der Waals surface area contributed by atoms with Crippen LogP contribution in [0.1, 0.15) is 36.8 Å². The number of carboxylic acid groups (broad SMARTS) is 1. The van der Waals surface area contributed by atoms with Gasteiger partial charge in [0, 0.05) is 30.9 Å². The van der Waals surface area contributed by atoms with E-state index in [0.29, 0.717) is 24.3 Å². The molecule has 3 rings (SSSR count). The van der Waals surface area contributed by atoms with Crippen molar-refractivity contribution in [2.75, 3.05) is 6.61 Å². The van der Waals surface area contributed by atoms with Gasteiger partial charge in [-0.15, -0.1) is 0 Å². The Morgan fingerprint density at radius 3 is 2.24 bits per heavy atom. The molecule has 1 aliphatic rings. The number of aromatic hydroxyl groups is 1. The first-order chi connectivity index (χ1) is 16.2. The number of phenolic OH excluding ortho intramolecular Hbond substituents is 1. The van der Waals surface area contributed by atoms with Crippen LogP contribution >= 0.6 is 11.6 Å². The smallest absolute Gasteiger partial charge is 0.336 e. The number of benzene rings is 2. The number of carbonyl (C=O) groups is 2. The number of aliphatic hydroxyl groups excluding tert-OH is 2. The molecule has 2 aromatic rings. The highest BCUT2D eigenvalue weighted by Gasteiger charge is 2.52. The fraction of sp³-hybridized carbons (Fsp3) is 0.440. The Bertz CT molecular complexity index is 962. The number of carbonyl (C=O) groups excluding carboxylic acids is 1. The third-order valence-electron chi connectivity index (χ3n) is 5.97. The van der Waals surface area contributed by atoms with Crippen LogP contribution in [0.15, 0.2) is 48.5 Å². The van der Waals surface area contributed by atoms with Gasteiger partial charge in [0.15, 0.2) is 5.60 Å². The fourth-order valence-electron chi connectivity index (χ4n) is 4.03. The van der Waals surface area contributed by atoms with Crippen LogP contribution in [-0.4, -0.2) is 62.9 Å². The van der Waals surface area contributed by atoms with E-state index in [4.69, 9.17) is 21.1 Å². The molecule has 1 fully saturated rings. The van der Waals surface area contributed by atoms with E-state index in [1.54, 1.807) is 24.3 Å². The van der Waals surface area contributed by atoms with Gasteiger partial charge in [-0.2, -0.15) is 0 Å². The Morgan fingerprint density at radius 2 is 1.59 bits per heavy atom. The molecule has 184 valence electrons. The topological polar surface area (TPSA) is 134 Å². The maximum Gasteiger partial charge on any atom is 0.336 e. The van der Waals surface area contributed by atoms with Crippen molar-refractivity contribution < 1.29 is 39.5 Å². The van der Waals surface area contributed by atoms with Crippen LogP contribution < -0.4 is 0 Å². The Labute approximate surface area is 202 Å². The summed E-state index contributed by atoms with van der Waals surface area (Å²) in [5.74, 6) is -1.80. The molecule has 0 radical (unpaired) electrons. The van der Waals surface area contributed by atoms with Gasteiger partial charge < -0.3 is 29.9 Å². The molecule has 34 heavy (non-hydrogen) atoms. The number of carboxylic acids is 1. The zero-order valence-electron chi connectivity index (χ0n) is 18.6. The average molecular weight is 493 g/mol. The zero-order valence-corrected chi connectivity index (χ0v) is 19.4. The lowest BCUT2D eigenvalue weighted by Crippen LogP contribution is -2.58. The number of phenols is 1. The quantitative estimate of drug-likeness (QED) is 0.294. The van der Waals surface area contributed by atoms with Crippen molar-refractivity contribution in [2.24, 2.45) is 0 Å². The van der Waals surface area contributed by atoms with Gasteiger partial charge in [-0.25, -0.2) is 4.79 Å². The van der Waals surface area contributed by atoms with E-state index < -0.39 is 35.9 Å². The maximum absolute atomic E-state index is 12.4. The molecule has 4 atom stereocenters. The largest absolute Gasteiger partial charge is 0.508 e. The summed E-state index contributed by atoms with van der Waals surface area (Å²) in [6, 6.07) is 13.7. The fourth-order valence-corrected chi connectivity index (χ4v) is 4.16. The molecule has 1 saturated carbocycles. The summed E-state index contributed by atoms with van der Waals surface area (Å²) in [7, 11) is 0. The zero-order chi connectivity index (χ0) is 24.7. The molecular formula is C25H29ClO8. The predicted molar refractivity (Wildman–Crippen MR) is 124 cm³/mol. The molecule has 0 aliphatic heterocycles. The van der Waals surface area contributed by atoms with E-state index >= 15 is 0 Å². The minimum atomic E-state index is -1.78. The first-order valence-corrected chi connectivity index (χ1v) is 11.5. The summed E-state index contributed by atoms with van der Waals surface area (Å²) >= 11 is 5.88. The van der Waals surface area contributed by atoms with Crippen LogP contribution in [0.2, 0.25) is 5.02 Å². The van der Waals surface area contributed by atoms with Crippen LogP contribution in [0, 0.1) is 0 Å². The van der Waals surface area contributed by atoms with Crippen LogP contribution in [0.3, 0.4) is 0 Å². The molecule has 0 spiro atoms. The lowest BCUT2D eigenvalue weighted by atomic mass is 9.79. The Morgan fingerprint density at radius 1 is 0.971 bits per heavy atom. The number of halogens is 1. The van der Waals surface area contributed by atoms with E-state index in [0.717, 1.165) is 11.1 Å². The van der Waals surface area contributed by atoms with Crippen molar-refractivity contribution in [3.05, 3.63) is 64.7 Å². The average Bonchev–Trinajstić information content (AvgIpc) is 2.80. The van der Waals surface area contributed by atoms with Gasteiger partial charge in [-0.05, 0) is 54.7 Å². The van der Waals surface area contributed by atoms with Gasteiger partial charge in [-0.1, -0.05) is 35.9 Å². The number of ether oxygens (including phenoxy) is 2. The molecular weight excluding hydrogens is 464 g/mol. The molecule has 4 N–H and O–H groups in total. The van der Waals surface area contributed by atoms with Gasteiger partial charge in [0.05, 0.1) is 6.10 Å². The molecule has 2 aromatic carbocycles. The standard InChI is InChI=1S/C25H29ClO8/c26-18-8-3-16(4-9-18)2-1-13-33-25(24(31)32)14-20(28)23(30)21(15-25)34-22(29)12-7-17-5-10-19(27)11-6-17/h3-6,8-11,20-21,23,27-28,30H,1-2,7,12-15H2,(H,31,32)/t20-,21+,23+,25-/m0/s1. The highest BCUT2D eigenvalue weighted by molar-refractivity contribution is 6.30. The highest BCUT2D eigenvalue weighted by Crippen LogP contribution is 2.35. The predicted octanol–water partition coefficient (Wildman–Crippen LogP) is 2.88. The molecule has 0 unspecified atom stereocenters. The Kier molecular flexibility index (Phi) is 8.90. The number of hydrogen-bond acceptors (Lipinski definition) is 7. The van der Waals surface area contributed by atoms with Gasteiger partial charge in [0.25, 0.3) is 0 Å². The summed E-state index contributed by atoms with van der Waals surface area (Å²) in [5, 5.41) is 40.5. The maximum atomic E-state index is 12.4. The van der Waals surface area contributed by atoms with Crippen molar-refractivity contribution in [1.29, 1.82) is 0 Å². The molecule has 0 amide bonds. The van der Waals surface area contributed by atoms with Crippen molar-refractivity contribution >= 4 is 23.5 Å². The van der Waals surface area contributed by atoms with E-state index in [-0.39, 0.29) is 31.6 Å². The molecule has 8 nitrogen and oxygen atoms in total. The summed E-state index contributed by atoms with van der Waals surface area (Å²) in [5.41, 5.74) is 0.0559. The molecule has 1 aliphatic carbocycles. The normalized spacial score (nSPS) is 24.5.